The molecule has 0 spiro atoms. The second-order valence-electron chi connectivity index (χ2n) is 5.44. The summed E-state index contributed by atoms with van der Waals surface area (Å²) in [5.41, 5.74) is 5.76. The van der Waals surface area contributed by atoms with Gasteiger partial charge in [0.05, 0.1) is 5.36 Å². The largest absolute Gasteiger partial charge is 1.00 e. The number of aromatic nitrogens is 1. The van der Waals surface area contributed by atoms with E-state index >= 15 is 0 Å². The maximum Gasteiger partial charge on any atom is 0.0638 e. The lowest BCUT2D eigenvalue weighted by molar-refractivity contribution is -0.00000384. The topological polar surface area (TPSA) is 28.8 Å². The Morgan fingerprint density at radius 1 is 0.944 bits per heavy atom. The van der Waals surface area contributed by atoms with Crippen molar-refractivity contribution in [3.05, 3.63) is 27.9 Å². The van der Waals surface area contributed by atoms with Gasteiger partial charge in [0.2, 0.25) is 0 Å². The minimum Gasteiger partial charge on any atom is -1.00 e. The van der Waals surface area contributed by atoms with Crippen LogP contribution in [0.4, 0.5) is 0 Å². The Morgan fingerprint density at radius 2 is 1.50 bits per heavy atom. The lowest BCUT2D eigenvalue weighted by atomic mass is 9.92. The van der Waals surface area contributed by atoms with E-state index in [4.69, 9.17) is 5.41 Å². The highest BCUT2D eigenvalue weighted by Crippen LogP contribution is 2.26. The molecule has 1 aromatic heterocycles. The lowest BCUT2D eigenvalue weighted by Crippen LogP contribution is -3.00. The van der Waals surface area contributed by atoms with Gasteiger partial charge in [-0.05, 0) is 62.5 Å². The molecule has 0 aliphatic heterocycles. The fourth-order valence-electron chi connectivity index (χ4n) is 3.59. The van der Waals surface area contributed by atoms with Gasteiger partial charge in [-0.1, -0.05) is 6.92 Å². The maximum absolute atomic E-state index is 8.42. The minimum absolute atomic E-state index is 0. The van der Waals surface area contributed by atoms with Crippen LogP contribution in [-0.2, 0) is 32.2 Å². The molecule has 3 rings (SSSR count). The number of rotatable bonds is 2. The van der Waals surface area contributed by atoms with Gasteiger partial charge in [0, 0.05) is 17.9 Å². The Labute approximate surface area is 126 Å². The van der Waals surface area contributed by atoms with Gasteiger partial charge in [-0.3, -0.25) is 0 Å². The molecule has 0 amide bonds. The molecule has 1 aromatic rings. The third-order valence-electron chi connectivity index (χ3n) is 4.33. The van der Waals surface area contributed by atoms with Crippen LogP contribution in [0, 0.1) is 5.41 Å². The molecule has 2 nitrogen and oxygen atoms in total. The van der Waals surface area contributed by atoms with Crippen molar-refractivity contribution in [3.8, 4) is 0 Å². The molecule has 1 heterocycles. The SMILES string of the molecule is CCCn1c2c(c(=N)c3c1CCC3)CCCC2.[I-]. The molecule has 0 unspecified atom stereocenters. The highest BCUT2D eigenvalue weighted by atomic mass is 127. The normalized spacial score (nSPS) is 16.9. The van der Waals surface area contributed by atoms with E-state index in [1.165, 1.54) is 61.0 Å². The highest BCUT2D eigenvalue weighted by Gasteiger charge is 2.23. The first-order chi connectivity index (χ1) is 8.33. The number of nitrogens with zero attached hydrogens (tertiary/aromatic N) is 1. The van der Waals surface area contributed by atoms with Crippen LogP contribution in [0.1, 0.15) is 55.1 Å². The molecule has 18 heavy (non-hydrogen) atoms. The average Bonchev–Trinajstić information content (AvgIpc) is 2.84. The minimum atomic E-state index is 0. The maximum atomic E-state index is 8.42. The van der Waals surface area contributed by atoms with Gasteiger partial charge in [-0.25, -0.2) is 0 Å². The number of fused-ring (bicyclic) bond motifs is 2. The fraction of sp³-hybridized carbons (Fsp3) is 0.667. The summed E-state index contributed by atoms with van der Waals surface area (Å²) in [6, 6.07) is 0. The van der Waals surface area contributed by atoms with Crippen LogP contribution >= 0.6 is 0 Å². The highest BCUT2D eigenvalue weighted by molar-refractivity contribution is 5.35. The number of hydrogen-bond donors (Lipinski definition) is 1. The van der Waals surface area contributed by atoms with Crippen molar-refractivity contribution in [2.75, 3.05) is 0 Å². The number of nitrogens with one attached hydrogen (secondary N) is 1. The van der Waals surface area contributed by atoms with Crippen LogP contribution in [0.25, 0.3) is 0 Å². The van der Waals surface area contributed by atoms with E-state index in [1.807, 2.05) is 0 Å². The molecule has 0 radical (unpaired) electrons. The van der Waals surface area contributed by atoms with E-state index in [9.17, 15) is 0 Å². The number of halogens is 1. The van der Waals surface area contributed by atoms with Gasteiger partial charge in [-0.2, -0.15) is 0 Å². The van der Waals surface area contributed by atoms with Gasteiger partial charge in [0.15, 0.2) is 0 Å². The molecular weight excluding hydrogens is 335 g/mol. The van der Waals surface area contributed by atoms with Crippen LogP contribution < -0.4 is 29.3 Å². The fourth-order valence-corrected chi connectivity index (χ4v) is 3.59. The van der Waals surface area contributed by atoms with E-state index in [-0.39, 0.29) is 24.0 Å². The quantitative estimate of drug-likeness (QED) is 0.708. The number of pyridine rings is 1. The molecule has 100 valence electrons. The third kappa shape index (κ3) is 2.15. The Morgan fingerprint density at radius 3 is 2.17 bits per heavy atom. The summed E-state index contributed by atoms with van der Waals surface area (Å²) in [4.78, 5) is 0. The van der Waals surface area contributed by atoms with Crippen LogP contribution in [0.2, 0.25) is 0 Å². The molecule has 0 aromatic carbocycles. The van der Waals surface area contributed by atoms with Crippen molar-refractivity contribution in [2.45, 2.75) is 64.8 Å². The van der Waals surface area contributed by atoms with Crippen molar-refractivity contribution in [2.24, 2.45) is 0 Å². The monoisotopic (exact) mass is 357 g/mol. The predicted molar refractivity (Wildman–Crippen MR) is 69.2 cm³/mol. The van der Waals surface area contributed by atoms with Crippen molar-refractivity contribution in [1.82, 2.24) is 4.57 Å². The molecule has 2 aliphatic carbocycles. The molecular formula is C15H22IN2-. The lowest BCUT2D eigenvalue weighted by Gasteiger charge is -2.25. The van der Waals surface area contributed by atoms with E-state index in [0.717, 1.165) is 24.7 Å². The van der Waals surface area contributed by atoms with Crippen molar-refractivity contribution >= 4 is 0 Å². The Hall–Kier alpha value is -0.320. The smallest absolute Gasteiger partial charge is 0.0638 e. The van der Waals surface area contributed by atoms with E-state index in [1.54, 1.807) is 0 Å². The second kappa shape index (κ2) is 5.76. The number of hydrogen-bond acceptors (Lipinski definition) is 1. The van der Waals surface area contributed by atoms with Crippen LogP contribution in [0.5, 0.6) is 0 Å². The van der Waals surface area contributed by atoms with Crippen LogP contribution in [-0.4, -0.2) is 4.57 Å². The third-order valence-corrected chi connectivity index (χ3v) is 4.33. The predicted octanol–water partition coefficient (Wildman–Crippen LogP) is -0.251. The summed E-state index contributed by atoms with van der Waals surface area (Å²) < 4.78 is 2.58. The molecule has 0 atom stereocenters. The summed E-state index contributed by atoms with van der Waals surface area (Å²) in [6.07, 6.45) is 9.76. The zero-order chi connectivity index (χ0) is 11.8. The molecule has 0 saturated carbocycles. The molecule has 0 fully saturated rings. The van der Waals surface area contributed by atoms with Gasteiger partial charge >= 0.3 is 0 Å². The summed E-state index contributed by atoms with van der Waals surface area (Å²) in [5.74, 6) is 0. The summed E-state index contributed by atoms with van der Waals surface area (Å²) >= 11 is 0. The Balaban J connectivity index is 0.00000120. The van der Waals surface area contributed by atoms with E-state index in [0.29, 0.717) is 0 Å². The molecule has 0 bridgehead atoms. The van der Waals surface area contributed by atoms with Crippen LogP contribution in [0.15, 0.2) is 0 Å². The van der Waals surface area contributed by atoms with Gasteiger partial charge in [-0.15, -0.1) is 0 Å². The first-order valence-electron chi connectivity index (χ1n) is 7.13. The Kier molecular flexibility index (Phi) is 4.51. The molecule has 3 heteroatoms. The van der Waals surface area contributed by atoms with E-state index < -0.39 is 0 Å². The first-order valence-corrected chi connectivity index (χ1v) is 7.13. The molecule has 1 N–H and O–H groups in total. The average molecular weight is 357 g/mol. The van der Waals surface area contributed by atoms with Crippen LogP contribution in [0.3, 0.4) is 0 Å². The van der Waals surface area contributed by atoms with Gasteiger partial charge < -0.3 is 34.0 Å². The van der Waals surface area contributed by atoms with Gasteiger partial charge in [0.25, 0.3) is 0 Å². The molecule has 0 saturated heterocycles. The van der Waals surface area contributed by atoms with Crippen molar-refractivity contribution in [1.29, 1.82) is 5.41 Å². The summed E-state index contributed by atoms with van der Waals surface area (Å²) in [7, 11) is 0. The zero-order valence-electron chi connectivity index (χ0n) is 11.2. The van der Waals surface area contributed by atoms with Crippen molar-refractivity contribution in [3.63, 3.8) is 0 Å². The van der Waals surface area contributed by atoms with Gasteiger partial charge in [0.1, 0.15) is 0 Å². The zero-order valence-corrected chi connectivity index (χ0v) is 13.3. The summed E-state index contributed by atoms with van der Waals surface area (Å²) in [6.45, 7) is 3.42. The van der Waals surface area contributed by atoms with E-state index in [2.05, 4.69) is 11.5 Å². The summed E-state index contributed by atoms with van der Waals surface area (Å²) in [5, 5.41) is 9.32. The van der Waals surface area contributed by atoms with Crippen molar-refractivity contribution < 1.29 is 24.0 Å². The second-order valence-corrected chi connectivity index (χ2v) is 5.44. The Bertz CT molecular complexity index is 502. The molecule has 2 aliphatic rings. The standard InChI is InChI=1S/C15H22N2.HI/c1-2-10-17-13-8-4-3-6-11(13)15(16)12-7-5-9-14(12)17;/h16H,2-10H2,1H3;1H/p-1. The first kappa shape index (κ1) is 14.1.